The van der Waals surface area contributed by atoms with Crippen LogP contribution in [0.15, 0.2) is 42.5 Å². The average Bonchev–Trinajstić information content (AvgIpc) is 3.08. The lowest BCUT2D eigenvalue weighted by atomic mass is 9.99. The molecule has 0 saturated carbocycles. The molecule has 1 N–H and O–H groups in total. The highest BCUT2D eigenvalue weighted by Gasteiger charge is 2.25. The number of anilines is 1. The minimum Gasteiger partial charge on any atom is -0.491 e. The molecule has 0 bridgehead atoms. The molecule has 1 aliphatic heterocycles. The van der Waals surface area contributed by atoms with Crippen molar-refractivity contribution in [1.29, 1.82) is 5.26 Å². The van der Waals surface area contributed by atoms with Crippen molar-refractivity contribution in [3.8, 4) is 17.5 Å². The minimum atomic E-state index is 0.00412. The van der Waals surface area contributed by atoms with Crippen LogP contribution >= 0.6 is 0 Å². The molecule has 0 amide bonds. The van der Waals surface area contributed by atoms with Gasteiger partial charge in [-0.1, -0.05) is 23.8 Å². The summed E-state index contributed by atoms with van der Waals surface area (Å²) in [5.74, 6) is 1.63. The fourth-order valence-corrected chi connectivity index (χ4v) is 3.77. The Balaban J connectivity index is 1.69. The Morgan fingerprint density at radius 3 is 2.66 bits per heavy atom. The average molecular weight is 388 g/mol. The molecule has 6 nitrogen and oxygen atoms in total. The summed E-state index contributed by atoms with van der Waals surface area (Å²) in [5.41, 5.74) is 5.96. The van der Waals surface area contributed by atoms with Crippen molar-refractivity contribution in [3.63, 3.8) is 0 Å². The Bertz CT molecular complexity index is 1060. The lowest BCUT2D eigenvalue weighted by molar-refractivity contribution is 0.201. The molecule has 0 saturated heterocycles. The van der Waals surface area contributed by atoms with Gasteiger partial charge in [0.2, 0.25) is 0 Å². The molecule has 0 fully saturated rings. The third-order valence-corrected chi connectivity index (χ3v) is 5.28. The van der Waals surface area contributed by atoms with Crippen LogP contribution in [0, 0.1) is 25.2 Å². The highest BCUT2D eigenvalue weighted by molar-refractivity contribution is 5.62. The third kappa shape index (κ3) is 3.69. The van der Waals surface area contributed by atoms with Crippen molar-refractivity contribution in [1.82, 2.24) is 9.78 Å². The predicted octanol–water partition coefficient (Wildman–Crippen LogP) is 3.29. The van der Waals surface area contributed by atoms with Gasteiger partial charge in [0.25, 0.3) is 0 Å². The van der Waals surface area contributed by atoms with E-state index in [0.29, 0.717) is 18.7 Å². The second kappa shape index (κ2) is 7.98. The monoisotopic (exact) mass is 388 g/mol. The molecule has 29 heavy (non-hydrogen) atoms. The molecular weight excluding hydrogens is 364 g/mol. The van der Waals surface area contributed by atoms with E-state index in [4.69, 9.17) is 9.84 Å². The van der Waals surface area contributed by atoms with Crippen LogP contribution in [0.4, 0.5) is 5.82 Å². The molecule has 4 rings (SSSR count). The van der Waals surface area contributed by atoms with E-state index in [1.54, 1.807) is 0 Å². The summed E-state index contributed by atoms with van der Waals surface area (Å²) in [5, 5.41) is 23.4. The van der Waals surface area contributed by atoms with Crippen molar-refractivity contribution in [2.24, 2.45) is 0 Å². The number of hydrogen-bond acceptors (Lipinski definition) is 5. The first-order valence-corrected chi connectivity index (χ1v) is 9.78. The number of aromatic nitrogens is 2. The zero-order valence-corrected chi connectivity index (χ0v) is 16.7. The number of nitrogens with zero attached hydrogens (tertiary/aromatic N) is 4. The number of benzene rings is 2. The SMILES string of the molecule is Cc1ccc(-n2nc(C)c(C#N)c2N2CCc3cc(OCCO)ccc3C2)cc1. The van der Waals surface area contributed by atoms with Gasteiger partial charge < -0.3 is 14.7 Å². The molecule has 0 radical (unpaired) electrons. The highest BCUT2D eigenvalue weighted by atomic mass is 16.5. The number of ether oxygens (including phenoxy) is 1. The van der Waals surface area contributed by atoms with Crippen LogP contribution < -0.4 is 9.64 Å². The van der Waals surface area contributed by atoms with Gasteiger partial charge in [0, 0.05) is 13.1 Å². The summed E-state index contributed by atoms with van der Waals surface area (Å²) in [6.07, 6.45) is 0.856. The molecule has 1 aromatic heterocycles. The minimum absolute atomic E-state index is 0.00412. The van der Waals surface area contributed by atoms with Crippen LogP contribution in [0.25, 0.3) is 5.69 Å². The molecule has 6 heteroatoms. The van der Waals surface area contributed by atoms with E-state index >= 15 is 0 Å². The van der Waals surface area contributed by atoms with Gasteiger partial charge >= 0.3 is 0 Å². The fraction of sp³-hybridized carbons (Fsp3) is 0.304. The first-order valence-electron chi connectivity index (χ1n) is 9.78. The number of aryl methyl sites for hydroxylation is 2. The van der Waals surface area contributed by atoms with Crippen molar-refractivity contribution < 1.29 is 9.84 Å². The summed E-state index contributed by atoms with van der Waals surface area (Å²) < 4.78 is 7.42. The molecule has 0 unspecified atom stereocenters. The van der Waals surface area contributed by atoms with Crippen LogP contribution in [-0.4, -0.2) is 34.6 Å². The molecular formula is C23H24N4O2. The van der Waals surface area contributed by atoms with Gasteiger partial charge in [-0.3, -0.25) is 0 Å². The van der Waals surface area contributed by atoms with Gasteiger partial charge in [-0.2, -0.15) is 10.4 Å². The zero-order valence-electron chi connectivity index (χ0n) is 16.7. The van der Waals surface area contributed by atoms with Gasteiger partial charge in [-0.15, -0.1) is 0 Å². The summed E-state index contributed by atoms with van der Waals surface area (Å²) in [6, 6.07) is 16.6. The Labute approximate surface area is 170 Å². The number of aliphatic hydroxyl groups excluding tert-OH is 1. The van der Waals surface area contributed by atoms with Crippen LogP contribution in [-0.2, 0) is 13.0 Å². The van der Waals surface area contributed by atoms with Crippen molar-refractivity contribution in [3.05, 3.63) is 70.4 Å². The first kappa shape index (κ1) is 19.0. The van der Waals surface area contributed by atoms with Crippen LogP contribution in [0.3, 0.4) is 0 Å². The number of aliphatic hydroxyl groups is 1. The largest absolute Gasteiger partial charge is 0.491 e. The maximum atomic E-state index is 9.78. The Morgan fingerprint density at radius 2 is 1.93 bits per heavy atom. The van der Waals surface area contributed by atoms with Crippen molar-refractivity contribution in [2.75, 3.05) is 24.7 Å². The summed E-state index contributed by atoms with van der Waals surface area (Å²) in [6.45, 7) is 5.74. The number of nitriles is 1. The first-order chi connectivity index (χ1) is 14.1. The van der Waals surface area contributed by atoms with E-state index in [9.17, 15) is 5.26 Å². The number of rotatable bonds is 5. The zero-order chi connectivity index (χ0) is 20.4. The van der Waals surface area contributed by atoms with Crippen molar-refractivity contribution in [2.45, 2.75) is 26.8 Å². The van der Waals surface area contributed by atoms with Crippen LogP contribution in [0.2, 0.25) is 0 Å². The lowest BCUT2D eigenvalue weighted by Crippen LogP contribution is -2.32. The predicted molar refractivity (Wildman–Crippen MR) is 112 cm³/mol. The molecule has 1 aliphatic rings. The molecule has 0 spiro atoms. The molecule has 2 heterocycles. The smallest absolute Gasteiger partial charge is 0.151 e. The van der Waals surface area contributed by atoms with E-state index in [1.807, 2.05) is 29.8 Å². The molecule has 148 valence electrons. The molecule has 0 atom stereocenters. The number of fused-ring (bicyclic) bond motifs is 1. The van der Waals surface area contributed by atoms with Gasteiger partial charge in [-0.25, -0.2) is 4.68 Å². The van der Waals surface area contributed by atoms with Crippen molar-refractivity contribution >= 4 is 5.82 Å². The van der Waals surface area contributed by atoms with E-state index in [1.165, 1.54) is 16.7 Å². The third-order valence-electron chi connectivity index (χ3n) is 5.28. The van der Waals surface area contributed by atoms with E-state index < -0.39 is 0 Å². The summed E-state index contributed by atoms with van der Waals surface area (Å²) in [4.78, 5) is 2.23. The summed E-state index contributed by atoms with van der Waals surface area (Å²) in [7, 11) is 0. The maximum absolute atomic E-state index is 9.78. The lowest BCUT2D eigenvalue weighted by Gasteiger charge is -2.31. The van der Waals surface area contributed by atoms with Gasteiger partial charge in [-0.05, 0) is 55.7 Å². The Kier molecular flexibility index (Phi) is 5.24. The molecule has 2 aromatic carbocycles. The quantitative estimate of drug-likeness (QED) is 0.726. The van der Waals surface area contributed by atoms with Gasteiger partial charge in [0.15, 0.2) is 5.82 Å². The van der Waals surface area contributed by atoms with E-state index in [-0.39, 0.29) is 6.61 Å². The molecule has 0 aliphatic carbocycles. The standard InChI is InChI=1S/C23H24N4O2/c1-16-3-6-20(7-4-16)27-23(22(14-24)17(2)25-27)26-10-9-18-13-21(29-12-11-28)8-5-19(18)15-26/h3-8,13,28H,9-12,15H2,1-2H3. The number of hydrogen-bond donors (Lipinski definition) is 1. The Hall–Kier alpha value is -3.30. The van der Waals surface area contributed by atoms with Gasteiger partial charge in [0.1, 0.15) is 24.0 Å². The maximum Gasteiger partial charge on any atom is 0.151 e. The Morgan fingerprint density at radius 1 is 1.14 bits per heavy atom. The highest BCUT2D eigenvalue weighted by Crippen LogP contribution is 2.32. The van der Waals surface area contributed by atoms with Gasteiger partial charge in [0.05, 0.1) is 18.0 Å². The second-order valence-corrected chi connectivity index (χ2v) is 7.32. The summed E-state index contributed by atoms with van der Waals surface area (Å²) >= 11 is 0. The van der Waals surface area contributed by atoms with E-state index in [2.05, 4.69) is 47.3 Å². The van der Waals surface area contributed by atoms with Crippen LogP contribution in [0.1, 0.15) is 27.9 Å². The fourth-order valence-electron chi connectivity index (χ4n) is 3.77. The molecule has 3 aromatic rings. The topological polar surface area (TPSA) is 74.3 Å². The normalized spacial score (nSPS) is 13.1. The second-order valence-electron chi connectivity index (χ2n) is 7.32. The van der Waals surface area contributed by atoms with Crippen LogP contribution in [0.5, 0.6) is 5.75 Å². The van der Waals surface area contributed by atoms with E-state index in [0.717, 1.165) is 35.9 Å².